The average molecular weight is 545 g/mol. The third-order valence-electron chi connectivity index (χ3n) is 12.9. The highest BCUT2D eigenvalue weighted by Crippen LogP contribution is 2.81. The molecule has 0 aromatic heterocycles. The molecule has 1 saturated heterocycles. The molecule has 8 rings (SSSR count). The number of Topliss-reactive ketones (excluding diaryl/α,β-unsaturated/α-hetero) is 2. The molecule has 1 spiro atoms. The number of methoxy groups -OCH3 is 2. The van der Waals surface area contributed by atoms with Crippen LogP contribution < -0.4 is 4.74 Å². The van der Waals surface area contributed by atoms with Crippen LogP contribution in [0.3, 0.4) is 0 Å². The lowest BCUT2D eigenvalue weighted by molar-refractivity contribution is -0.280. The van der Waals surface area contributed by atoms with Crippen LogP contribution in [0.1, 0.15) is 51.0 Å². The van der Waals surface area contributed by atoms with E-state index in [0.717, 1.165) is 31.4 Å². The number of rotatable bonds is 3. The summed E-state index contributed by atoms with van der Waals surface area (Å²) in [5.74, 6) is -0.881. The average Bonchev–Trinajstić information content (AvgIpc) is 3.63. The molecule has 0 unspecified atom stereocenters. The maximum atomic E-state index is 15.0. The number of ketones is 2. The van der Waals surface area contributed by atoms with E-state index in [4.69, 9.17) is 18.9 Å². The molecule has 40 heavy (non-hydrogen) atoms. The van der Waals surface area contributed by atoms with Crippen molar-refractivity contribution in [2.45, 2.75) is 62.8 Å². The molecule has 10 atom stereocenters. The Morgan fingerprint density at radius 1 is 0.925 bits per heavy atom. The third kappa shape index (κ3) is 2.68. The van der Waals surface area contributed by atoms with Gasteiger partial charge >= 0.3 is 0 Å². The molecule has 1 aromatic carbocycles. The van der Waals surface area contributed by atoms with Crippen LogP contribution in [0, 0.1) is 46.3 Å². The summed E-state index contributed by atoms with van der Waals surface area (Å²) in [6.07, 6.45) is 14.1. The van der Waals surface area contributed by atoms with Gasteiger partial charge in [-0.25, -0.2) is 0 Å². The number of carbonyl (C=O) groups is 2. The van der Waals surface area contributed by atoms with Gasteiger partial charge in [-0.15, -0.1) is 0 Å². The number of fused-ring (bicyclic) bond motifs is 7. The topological polar surface area (TPSA) is 71.1 Å². The number of allylic oxidation sites excluding steroid dienone is 3. The summed E-state index contributed by atoms with van der Waals surface area (Å²) in [4.78, 5) is 29.7. The molecule has 6 heteroatoms. The van der Waals surface area contributed by atoms with Crippen LogP contribution in [-0.2, 0) is 29.2 Å². The normalized spacial score (nSPS) is 47.6. The SMILES string of the molecule is COc1ccc([C@@]23C=C[C@@]4(CCCC[C@@]42C)[C@H]2[C@@H]4C(=O)[C@H]5[C@@H](OC)C=CC[C@H]5C5(OCCO5)[C@@H]4CC(=O)[C@H]23)cc1. The summed E-state index contributed by atoms with van der Waals surface area (Å²) in [6, 6.07) is 8.38. The lowest BCUT2D eigenvalue weighted by Gasteiger charge is -2.59. The Hall–Kier alpha value is -2.28. The lowest BCUT2D eigenvalue weighted by Crippen LogP contribution is -2.67. The van der Waals surface area contributed by atoms with Crippen molar-refractivity contribution in [3.05, 3.63) is 54.1 Å². The predicted molar refractivity (Wildman–Crippen MR) is 148 cm³/mol. The van der Waals surface area contributed by atoms with Crippen molar-refractivity contribution in [2.24, 2.45) is 46.3 Å². The molecule has 6 nitrogen and oxygen atoms in total. The molecule has 4 saturated carbocycles. The predicted octanol–water partition coefficient (Wildman–Crippen LogP) is 5.05. The summed E-state index contributed by atoms with van der Waals surface area (Å²) in [7, 11) is 3.38. The Morgan fingerprint density at radius 3 is 2.40 bits per heavy atom. The molecular weight excluding hydrogens is 504 g/mol. The second-order valence-corrected chi connectivity index (χ2v) is 13.6. The van der Waals surface area contributed by atoms with E-state index < -0.39 is 11.2 Å². The molecule has 1 aromatic rings. The zero-order valence-electron chi connectivity index (χ0n) is 23.8. The Morgan fingerprint density at radius 2 is 1.68 bits per heavy atom. The molecule has 0 radical (unpaired) electrons. The third-order valence-corrected chi connectivity index (χ3v) is 12.9. The van der Waals surface area contributed by atoms with Gasteiger partial charge < -0.3 is 18.9 Å². The smallest absolute Gasteiger partial charge is 0.176 e. The van der Waals surface area contributed by atoms with Crippen LogP contribution in [-0.4, -0.2) is 50.9 Å². The molecule has 1 heterocycles. The lowest BCUT2D eigenvalue weighted by atomic mass is 9.46. The van der Waals surface area contributed by atoms with E-state index in [0.29, 0.717) is 26.1 Å². The van der Waals surface area contributed by atoms with Crippen molar-refractivity contribution < 1.29 is 28.5 Å². The Kier molecular flexibility index (Phi) is 5.34. The van der Waals surface area contributed by atoms with Crippen molar-refractivity contribution in [2.75, 3.05) is 27.4 Å². The second kappa shape index (κ2) is 8.39. The minimum absolute atomic E-state index is 0.0716. The first-order valence-electron chi connectivity index (χ1n) is 15.3. The molecule has 212 valence electrons. The maximum absolute atomic E-state index is 15.0. The monoisotopic (exact) mass is 544 g/mol. The molecule has 1 aliphatic heterocycles. The summed E-state index contributed by atoms with van der Waals surface area (Å²) in [5, 5.41) is 0. The van der Waals surface area contributed by atoms with Gasteiger partial charge in [-0.05, 0) is 53.7 Å². The molecule has 5 fully saturated rings. The first-order chi connectivity index (χ1) is 19.4. The fraction of sp³-hybridized carbons (Fsp3) is 0.647. The summed E-state index contributed by atoms with van der Waals surface area (Å²) < 4.78 is 24.6. The van der Waals surface area contributed by atoms with Crippen LogP contribution in [0.5, 0.6) is 5.75 Å². The van der Waals surface area contributed by atoms with Gasteiger partial charge in [-0.2, -0.15) is 0 Å². The molecule has 0 amide bonds. The van der Waals surface area contributed by atoms with Gasteiger partial charge in [-0.1, -0.05) is 56.2 Å². The molecule has 0 N–H and O–H groups in total. The molecule has 2 bridgehead atoms. The van der Waals surface area contributed by atoms with Crippen molar-refractivity contribution in [1.29, 1.82) is 0 Å². The van der Waals surface area contributed by atoms with Crippen LogP contribution in [0.15, 0.2) is 48.6 Å². The van der Waals surface area contributed by atoms with E-state index in [-0.39, 0.29) is 64.0 Å². The second-order valence-electron chi connectivity index (χ2n) is 13.6. The van der Waals surface area contributed by atoms with Gasteiger partial charge in [0.1, 0.15) is 17.3 Å². The van der Waals surface area contributed by atoms with Crippen LogP contribution in [0.2, 0.25) is 0 Å². The zero-order valence-corrected chi connectivity index (χ0v) is 23.8. The van der Waals surface area contributed by atoms with Gasteiger partial charge in [0.25, 0.3) is 0 Å². The highest BCUT2D eigenvalue weighted by atomic mass is 16.7. The Labute approximate surface area is 236 Å². The van der Waals surface area contributed by atoms with E-state index in [1.54, 1.807) is 14.2 Å². The highest BCUT2D eigenvalue weighted by Gasteiger charge is 2.82. The van der Waals surface area contributed by atoms with Gasteiger partial charge in [0.05, 0.1) is 32.3 Å². The van der Waals surface area contributed by atoms with Crippen molar-refractivity contribution >= 4 is 11.6 Å². The molecular formula is C34H40O6. The van der Waals surface area contributed by atoms with E-state index in [2.05, 4.69) is 43.4 Å². The fourth-order valence-electron chi connectivity index (χ4n) is 11.6. The minimum atomic E-state index is -0.911. The van der Waals surface area contributed by atoms with E-state index in [1.165, 1.54) is 5.56 Å². The number of carbonyl (C=O) groups excluding carboxylic acids is 2. The van der Waals surface area contributed by atoms with Crippen molar-refractivity contribution in [3.8, 4) is 5.75 Å². The van der Waals surface area contributed by atoms with Gasteiger partial charge in [0, 0.05) is 42.6 Å². The standard InChI is InChI=1S/C34H40O6/c1-31-13-4-5-14-32(31)15-16-33(31,20-9-11-21(37-2)12-10-20)28-24(35)19-23-27(29(28)32)30(36)26-22(7-6-8-25(26)38-3)34(23)39-17-18-40-34/h6,8-12,15-16,22-23,25-29H,4-5,7,13-14,17-19H2,1-3H3/t22-,23-,25+,26-,27-,28-,29+,31+,32+,33-/m1/s1. The highest BCUT2D eigenvalue weighted by molar-refractivity contribution is 5.94. The van der Waals surface area contributed by atoms with Crippen molar-refractivity contribution in [1.82, 2.24) is 0 Å². The van der Waals surface area contributed by atoms with Crippen molar-refractivity contribution in [3.63, 3.8) is 0 Å². The van der Waals surface area contributed by atoms with Gasteiger partial charge in [0.2, 0.25) is 0 Å². The molecule has 6 aliphatic carbocycles. The Balaban J connectivity index is 1.34. The first kappa shape index (κ1) is 25.4. The number of hydrogen-bond donors (Lipinski definition) is 0. The molecule has 7 aliphatic rings. The number of hydrogen-bond acceptors (Lipinski definition) is 6. The van der Waals surface area contributed by atoms with E-state index >= 15 is 0 Å². The fourth-order valence-corrected chi connectivity index (χ4v) is 11.6. The zero-order chi connectivity index (χ0) is 27.5. The quantitative estimate of drug-likeness (QED) is 0.496. The van der Waals surface area contributed by atoms with Gasteiger partial charge in [0.15, 0.2) is 5.79 Å². The maximum Gasteiger partial charge on any atom is 0.176 e. The van der Waals surface area contributed by atoms with E-state index in [1.807, 2.05) is 12.1 Å². The van der Waals surface area contributed by atoms with Crippen LogP contribution in [0.4, 0.5) is 0 Å². The van der Waals surface area contributed by atoms with Gasteiger partial charge in [-0.3, -0.25) is 9.59 Å². The minimum Gasteiger partial charge on any atom is -0.497 e. The summed E-state index contributed by atoms with van der Waals surface area (Å²) in [6.45, 7) is 3.43. The summed E-state index contributed by atoms with van der Waals surface area (Å²) in [5.41, 5.74) is 0.363. The first-order valence-corrected chi connectivity index (χ1v) is 15.3. The summed E-state index contributed by atoms with van der Waals surface area (Å²) >= 11 is 0. The number of benzene rings is 1. The van der Waals surface area contributed by atoms with Crippen LogP contribution >= 0.6 is 0 Å². The largest absolute Gasteiger partial charge is 0.497 e. The number of ether oxygens (including phenoxy) is 4. The Bertz CT molecular complexity index is 1310. The van der Waals surface area contributed by atoms with Crippen LogP contribution in [0.25, 0.3) is 0 Å². The van der Waals surface area contributed by atoms with E-state index in [9.17, 15) is 9.59 Å².